The molecule has 1 aliphatic rings. The van der Waals surface area contributed by atoms with Crippen molar-refractivity contribution in [1.29, 1.82) is 0 Å². The molecule has 0 spiro atoms. The summed E-state index contributed by atoms with van der Waals surface area (Å²) in [4.78, 5) is 6.37. The van der Waals surface area contributed by atoms with Crippen LogP contribution in [0.5, 0.6) is 5.75 Å². The van der Waals surface area contributed by atoms with Crippen molar-refractivity contribution in [2.75, 3.05) is 25.9 Å². The number of hydrogen-bond acceptors (Lipinski definition) is 6. The number of likely N-dealkylation sites (tertiary alicyclic amines) is 1. The number of aromatic hydroxyl groups is 1. The third-order valence-electron chi connectivity index (χ3n) is 4.40. The van der Waals surface area contributed by atoms with Gasteiger partial charge in [-0.3, -0.25) is 4.98 Å². The lowest BCUT2D eigenvalue weighted by Gasteiger charge is -2.20. The Bertz CT molecular complexity index is 896. The number of halogens is 1. The predicted molar refractivity (Wildman–Crippen MR) is 100 cm³/mol. The number of nitrogen functional groups attached to an aromatic ring is 1. The van der Waals surface area contributed by atoms with Crippen molar-refractivity contribution in [3.05, 3.63) is 42.5 Å². The summed E-state index contributed by atoms with van der Waals surface area (Å²) in [5.41, 5.74) is 6.56. The normalized spacial score (nSPS) is 14.7. The van der Waals surface area contributed by atoms with Gasteiger partial charge in [0.15, 0.2) is 5.82 Å². The number of benzene rings is 1. The molecule has 26 heavy (non-hydrogen) atoms. The van der Waals surface area contributed by atoms with Crippen molar-refractivity contribution < 1.29 is 9.50 Å². The van der Waals surface area contributed by atoms with E-state index in [1.54, 1.807) is 18.5 Å². The Morgan fingerprint density at radius 1 is 1.08 bits per heavy atom. The number of nitrogens with zero attached hydrogens (tertiary/aromatic N) is 4. The average Bonchev–Trinajstić information content (AvgIpc) is 2.64. The molecule has 4 rings (SSSR count). The minimum atomic E-state index is -0.518. The summed E-state index contributed by atoms with van der Waals surface area (Å²) >= 11 is 0. The molecular weight excluding hydrogens is 333 g/mol. The van der Waals surface area contributed by atoms with Crippen LogP contribution in [0.25, 0.3) is 22.0 Å². The standard InChI is InChI=1S/C13H9FN4O.C6H13N/c14-7-1-2-9(11(19)5-7)12-8-3-4-16-6-10(8)13(15)18-17-12;1-7-5-3-2-4-6-7/h1-6,19H,(H2,15,18);2-6H2,1H3. The van der Waals surface area contributed by atoms with Gasteiger partial charge in [0, 0.05) is 34.8 Å². The number of nitrogens with two attached hydrogens (primary N) is 1. The molecule has 0 aliphatic carbocycles. The van der Waals surface area contributed by atoms with E-state index in [9.17, 15) is 9.50 Å². The topological polar surface area (TPSA) is 88.2 Å². The van der Waals surface area contributed by atoms with Gasteiger partial charge in [-0.2, -0.15) is 0 Å². The Labute approximate surface area is 151 Å². The molecule has 0 amide bonds. The van der Waals surface area contributed by atoms with Gasteiger partial charge in [0.05, 0.1) is 0 Å². The van der Waals surface area contributed by atoms with Crippen molar-refractivity contribution in [2.24, 2.45) is 0 Å². The summed E-state index contributed by atoms with van der Waals surface area (Å²) < 4.78 is 13.0. The highest BCUT2D eigenvalue weighted by Crippen LogP contribution is 2.33. The van der Waals surface area contributed by atoms with Gasteiger partial charge in [0.2, 0.25) is 0 Å². The van der Waals surface area contributed by atoms with Gasteiger partial charge in [-0.15, -0.1) is 10.2 Å². The highest BCUT2D eigenvalue weighted by atomic mass is 19.1. The van der Waals surface area contributed by atoms with Crippen LogP contribution in [0.15, 0.2) is 36.7 Å². The molecule has 0 unspecified atom stereocenters. The van der Waals surface area contributed by atoms with Crippen molar-refractivity contribution in [1.82, 2.24) is 20.1 Å². The van der Waals surface area contributed by atoms with Gasteiger partial charge in [-0.1, -0.05) is 6.42 Å². The largest absolute Gasteiger partial charge is 0.507 e. The Balaban J connectivity index is 0.000000236. The lowest BCUT2D eigenvalue weighted by Crippen LogP contribution is -2.24. The monoisotopic (exact) mass is 355 g/mol. The number of fused-ring (bicyclic) bond motifs is 1. The Hall–Kier alpha value is -2.80. The molecule has 1 fully saturated rings. The number of rotatable bonds is 1. The maximum atomic E-state index is 13.0. The fourth-order valence-corrected chi connectivity index (χ4v) is 2.97. The highest BCUT2D eigenvalue weighted by Gasteiger charge is 2.13. The van der Waals surface area contributed by atoms with Crippen molar-refractivity contribution in [2.45, 2.75) is 19.3 Å². The highest BCUT2D eigenvalue weighted by molar-refractivity contribution is 5.99. The second kappa shape index (κ2) is 8.05. The first-order valence-corrected chi connectivity index (χ1v) is 8.59. The van der Waals surface area contributed by atoms with E-state index in [1.807, 2.05) is 0 Å². The summed E-state index contributed by atoms with van der Waals surface area (Å²) in [6.45, 7) is 2.64. The molecule has 2 aromatic heterocycles. The van der Waals surface area contributed by atoms with Crippen molar-refractivity contribution in [3.63, 3.8) is 0 Å². The van der Waals surface area contributed by atoms with E-state index >= 15 is 0 Å². The molecular formula is C19H22FN5O. The minimum Gasteiger partial charge on any atom is -0.507 e. The van der Waals surface area contributed by atoms with Gasteiger partial charge in [-0.25, -0.2) is 4.39 Å². The van der Waals surface area contributed by atoms with Crippen LogP contribution in [-0.4, -0.2) is 45.3 Å². The smallest absolute Gasteiger partial charge is 0.155 e. The van der Waals surface area contributed by atoms with E-state index in [0.717, 1.165) is 6.07 Å². The Kier molecular flexibility index (Phi) is 5.58. The Morgan fingerprint density at radius 3 is 2.50 bits per heavy atom. The van der Waals surface area contributed by atoms with Crippen LogP contribution in [-0.2, 0) is 0 Å². The summed E-state index contributed by atoms with van der Waals surface area (Å²) in [6, 6.07) is 5.45. The van der Waals surface area contributed by atoms with Gasteiger partial charge in [0.1, 0.15) is 17.3 Å². The van der Waals surface area contributed by atoms with Gasteiger partial charge < -0.3 is 15.7 Å². The van der Waals surface area contributed by atoms with E-state index in [0.29, 0.717) is 22.0 Å². The van der Waals surface area contributed by atoms with Gasteiger partial charge in [0.25, 0.3) is 0 Å². The number of piperidine rings is 1. The number of phenols is 1. The van der Waals surface area contributed by atoms with Crippen molar-refractivity contribution in [3.8, 4) is 17.0 Å². The van der Waals surface area contributed by atoms with Crippen LogP contribution in [0.4, 0.5) is 10.2 Å². The van der Waals surface area contributed by atoms with Crippen LogP contribution in [0.3, 0.4) is 0 Å². The number of anilines is 1. The first-order valence-electron chi connectivity index (χ1n) is 8.59. The maximum Gasteiger partial charge on any atom is 0.155 e. The maximum absolute atomic E-state index is 13.0. The molecule has 1 saturated heterocycles. The van der Waals surface area contributed by atoms with Gasteiger partial charge >= 0.3 is 0 Å². The average molecular weight is 355 g/mol. The molecule has 1 aliphatic heterocycles. The molecule has 0 atom stereocenters. The minimum absolute atomic E-state index is 0.197. The quantitative estimate of drug-likeness (QED) is 0.697. The molecule has 3 N–H and O–H groups in total. The zero-order valence-corrected chi connectivity index (χ0v) is 14.7. The lowest BCUT2D eigenvalue weighted by atomic mass is 10.1. The molecule has 3 heterocycles. The SMILES string of the molecule is CN1CCCCC1.Nc1nnc(-c2ccc(F)cc2O)c2ccncc12. The van der Waals surface area contributed by atoms with E-state index in [-0.39, 0.29) is 11.6 Å². The van der Waals surface area contributed by atoms with E-state index in [1.165, 1.54) is 44.5 Å². The van der Waals surface area contributed by atoms with Crippen LogP contribution >= 0.6 is 0 Å². The van der Waals surface area contributed by atoms with Crippen LogP contribution in [0, 0.1) is 5.82 Å². The fraction of sp³-hybridized carbons (Fsp3) is 0.316. The van der Waals surface area contributed by atoms with Crippen molar-refractivity contribution >= 4 is 16.6 Å². The summed E-state index contributed by atoms with van der Waals surface area (Å²) in [5.74, 6) is -0.457. The summed E-state index contributed by atoms with van der Waals surface area (Å²) in [7, 11) is 2.19. The van der Waals surface area contributed by atoms with Crippen LogP contribution < -0.4 is 5.73 Å². The second-order valence-electron chi connectivity index (χ2n) is 6.38. The first kappa shape index (κ1) is 18.0. The molecule has 0 bridgehead atoms. The van der Waals surface area contributed by atoms with E-state index < -0.39 is 5.82 Å². The first-order chi connectivity index (χ1) is 12.6. The zero-order valence-electron chi connectivity index (χ0n) is 14.7. The van der Waals surface area contributed by atoms with Gasteiger partial charge in [-0.05, 0) is 51.2 Å². The molecule has 0 radical (unpaired) electrons. The van der Waals surface area contributed by atoms with Crippen LogP contribution in [0.1, 0.15) is 19.3 Å². The second-order valence-corrected chi connectivity index (χ2v) is 6.38. The summed E-state index contributed by atoms with van der Waals surface area (Å²) in [6.07, 6.45) is 7.44. The lowest BCUT2D eigenvalue weighted by molar-refractivity contribution is 0.277. The molecule has 7 heteroatoms. The van der Waals surface area contributed by atoms with E-state index in [4.69, 9.17) is 5.73 Å². The number of aromatic nitrogens is 3. The molecule has 0 saturated carbocycles. The summed E-state index contributed by atoms with van der Waals surface area (Å²) in [5, 5.41) is 19.0. The number of phenolic OH excluding ortho intramolecular Hbond substituents is 1. The Morgan fingerprint density at radius 2 is 1.85 bits per heavy atom. The fourth-order valence-electron chi connectivity index (χ4n) is 2.97. The molecule has 6 nitrogen and oxygen atoms in total. The molecule has 3 aromatic rings. The third kappa shape index (κ3) is 4.05. The predicted octanol–water partition coefficient (Wildman–Crippen LogP) is 3.22. The number of hydrogen-bond donors (Lipinski definition) is 2. The third-order valence-corrected chi connectivity index (χ3v) is 4.40. The molecule has 1 aromatic carbocycles. The number of pyridine rings is 1. The van der Waals surface area contributed by atoms with Crippen LogP contribution in [0.2, 0.25) is 0 Å². The molecule has 136 valence electrons. The van der Waals surface area contributed by atoms with E-state index in [2.05, 4.69) is 27.1 Å². The zero-order chi connectivity index (χ0) is 18.5.